The molecule has 0 aliphatic carbocycles. The molecule has 3 rings (SSSR count). The second-order valence-electron chi connectivity index (χ2n) is 9.27. The average molecular weight is 449 g/mol. The van der Waals surface area contributed by atoms with Crippen molar-refractivity contribution in [3.63, 3.8) is 0 Å². The highest BCUT2D eigenvalue weighted by atomic mass is 16.6. The highest BCUT2D eigenvalue weighted by molar-refractivity contribution is 5.68. The molecule has 176 valence electrons. The molecule has 2 aromatic carbocycles. The molecule has 0 aliphatic heterocycles. The third kappa shape index (κ3) is 6.23. The van der Waals surface area contributed by atoms with Crippen LogP contribution in [0.5, 0.6) is 0 Å². The van der Waals surface area contributed by atoms with Crippen molar-refractivity contribution in [2.45, 2.75) is 46.7 Å². The van der Waals surface area contributed by atoms with E-state index in [0.29, 0.717) is 32.7 Å². The molecule has 1 atom stereocenters. The standard InChI is InChI=1S/C27H36N4O2/c1-5-33-26(32)31(18-12-17-28)24(27(2,3)4)25-29-23(22-15-10-7-11-16-22)20-30(25)19-21-13-8-6-9-14-21/h6-11,13-16,20,24H,5,12,17-19,28H2,1-4H3/t24-/m0/s1. The average Bonchev–Trinajstić information content (AvgIpc) is 3.20. The lowest BCUT2D eigenvalue weighted by molar-refractivity contribution is 0.0536. The molecule has 2 N–H and O–H groups in total. The highest BCUT2D eigenvalue weighted by Gasteiger charge is 2.38. The maximum absolute atomic E-state index is 13.1. The normalized spacial score (nSPS) is 12.4. The molecule has 0 bridgehead atoms. The van der Waals surface area contributed by atoms with Gasteiger partial charge in [0.2, 0.25) is 0 Å². The molecule has 0 aliphatic rings. The monoisotopic (exact) mass is 448 g/mol. The van der Waals surface area contributed by atoms with Crippen molar-refractivity contribution in [3.8, 4) is 11.3 Å². The summed E-state index contributed by atoms with van der Waals surface area (Å²) in [5.74, 6) is 0.843. The van der Waals surface area contributed by atoms with Crippen LogP contribution in [0.25, 0.3) is 11.3 Å². The molecule has 33 heavy (non-hydrogen) atoms. The lowest BCUT2D eigenvalue weighted by Crippen LogP contribution is -2.43. The van der Waals surface area contributed by atoms with Gasteiger partial charge in [0.25, 0.3) is 0 Å². The second kappa shape index (κ2) is 11.1. The molecule has 0 spiro atoms. The molecule has 6 nitrogen and oxygen atoms in total. The molecule has 3 aromatic rings. The third-order valence-electron chi connectivity index (χ3n) is 5.55. The van der Waals surface area contributed by atoms with Gasteiger partial charge in [0.05, 0.1) is 18.3 Å². The van der Waals surface area contributed by atoms with E-state index >= 15 is 0 Å². The molecule has 1 amide bonds. The van der Waals surface area contributed by atoms with E-state index in [4.69, 9.17) is 15.5 Å². The summed E-state index contributed by atoms with van der Waals surface area (Å²) in [7, 11) is 0. The molecule has 0 unspecified atom stereocenters. The summed E-state index contributed by atoms with van der Waals surface area (Å²) >= 11 is 0. The molecular formula is C27H36N4O2. The van der Waals surface area contributed by atoms with Crippen molar-refractivity contribution in [2.75, 3.05) is 19.7 Å². The van der Waals surface area contributed by atoms with Crippen molar-refractivity contribution in [1.82, 2.24) is 14.5 Å². The SMILES string of the molecule is CCOC(=O)N(CCCN)[C@@H](c1nc(-c2ccccc2)cn1Cc1ccccc1)C(C)(C)C. The van der Waals surface area contributed by atoms with Crippen LogP contribution in [0.2, 0.25) is 0 Å². The molecule has 0 fully saturated rings. The number of nitrogens with two attached hydrogens (primary N) is 1. The Morgan fingerprint density at radius 2 is 1.73 bits per heavy atom. The van der Waals surface area contributed by atoms with Gasteiger partial charge < -0.3 is 15.0 Å². The van der Waals surface area contributed by atoms with Crippen LogP contribution in [0.3, 0.4) is 0 Å². The van der Waals surface area contributed by atoms with Gasteiger partial charge in [0.15, 0.2) is 0 Å². The minimum atomic E-state index is -0.332. The number of hydrogen-bond donors (Lipinski definition) is 1. The minimum absolute atomic E-state index is 0.283. The van der Waals surface area contributed by atoms with Gasteiger partial charge in [-0.15, -0.1) is 0 Å². The first kappa shape index (κ1) is 24.5. The molecule has 1 heterocycles. The van der Waals surface area contributed by atoms with Gasteiger partial charge in [0, 0.05) is 24.8 Å². The van der Waals surface area contributed by atoms with Crippen molar-refractivity contribution in [1.29, 1.82) is 0 Å². The van der Waals surface area contributed by atoms with Gasteiger partial charge in [-0.2, -0.15) is 0 Å². The number of hydrogen-bond acceptors (Lipinski definition) is 4. The Labute approximate surface area is 197 Å². The number of rotatable bonds is 9. The maximum Gasteiger partial charge on any atom is 0.410 e. The first-order chi connectivity index (χ1) is 15.8. The molecule has 0 radical (unpaired) electrons. The van der Waals surface area contributed by atoms with Crippen molar-refractivity contribution >= 4 is 6.09 Å². The summed E-state index contributed by atoms with van der Waals surface area (Å²) in [6, 6.07) is 20.2. The van der Waals surface area contributed by atoms with E-state index in [1.165, 1.54) is 5.56 Å². The summed E-state index contributed by atoms with van der Waals surface area (Å²) in [4.78, 5) is 20.0. The Hall–Kier alpha value is -3.12. The summed E-state index contributed by atoms with van der Waals surface area (Å²) in [5, 5.41) is 0. The minimum Gasteiger partial charge on any atom is -0.450 e. The van der Waals surface area contributed by atoms with Crippen LogP contribution in [0, 0.1) is 5.41 Å². The lowest BCUT2D eigenvalue weighted by atomic mass is 9.84. The predicted molar refractivity (Wildman–Crippen MR) is 133 cm³/mol. The summed E-state index contributed by atoms with van der Waals surface area (Å²) in [6.45, 7) is 10.2. The topological polar surface area (TPSA) is 73.4 Å². The fraction of sp³-hybridized carbons (Fsp3) is 0.407. The fourth-order valence-corrected chi connectivity index (χ4v) is 4.09. The van der Waals surface area contributed by atoms with Crippen molar-refractivity contribution in [3.05, 3.63) is 78.2 Å². The molecular weight excluding hydrogens is 412 g/mol. The van der Waals surface area contributed by atoms with E-state index in [2.05, 4.69) is 55.8 Å². The van der Waals surface area contributed by atoms with Gasteiger partial charge in [-0.1, -0.05) is 81.4 Å². The lowest BCUT2D eigenvalue weighted by Gasteiger charge is -2.39. The molecule has 6 heteroatoms. The van der Waals surface area contributed by atoms with E-state index in [0.717, 1.165) is 17.1 Å². The van der Waals surface area contributed by atoms with Crippen LogP contribution in [0.1, 0.15) is 51.5 Å². The zero-order chi connectivity index (χ0) is 23.8. The zero-order valence-electron chi connectivity index (χ0n) is 20.2. The Balaban J connectivity index is 2.14. The number of nitrogens with zero attached hydrogens (tertiary/aromatic N) is 3. The van der Waals surface area contributed by atoms with Gasteiger partial charge >= 0.3 is 6.09 Å². The largest absolute Gasteiger partial charge is 0.450 e. The number of amides is 1. The maximum atomic E-state index is 13.1. The number of carbonyl (C=O) groups excluding carboxylic acids is 1. The first-order valence-electron chi connectivity index (χ1n) is 11.6. The molecule has 1 aromatic heterocycles. The highest BCUT2D eigenvalue weighted by Crippen LogP contribution is 2.39. The van der Waals surface area contributed by atoms with Crippen molar-refractivity contribution in [2.24, 2.45) is 11.1 Å². The Kier molecular flexibility index (Phi) is 8.28. The van der Waals surface area contributed by atoms with Gasteiger partial charge in [0.1, 0.15) is 5.82 Å². The zero-order valence-corrected chi connectivity index (χ0v) is 20.2. The Morgan fingerprint density at radius 3 is 2.30 bits per heavy atom. The molecule has 0 saturated heterocycles. The van der Waals surface area contributed by atoms with Crippen LogP contribution >= 0.6 is 0 Å². The number of aromatic nitrogens is 2. The molecule has 0 saturated carbocycles. The first-order valence-corrected chi connectivity index (χ1v) is 11.6. The van der Waals surface area contributed by atoms with Crippen LogP contribution in [0.4, 0.5) is 4.79 Å². The second-order valence-corrected chi connectivity index (χ2v) is 9.27. The van der Waals surface area contributed by atoms with E-state index < -0.39 is 0 Å². The number of ether oxygens (including phenoxy) is 1. The fourth-order valence-electron chi connectivity index (χ4n) is 4.09. The number of imidazole rings is 1. The van der Waals surface area contributed by atoms with Crippen LogP contribution < -0.4 is 5.73 Å². The summed E-state index contributed by atoms with van der Waals surface area (Å²) in [6.07, 6.45) is 2.44. The summed E-state index contributed by atoms with van der Waals surface area (Å²) < 4.78 is 7.63. The number of carbonyl (C=O) groups is 1. The van der Waals surface area contributed by atoms with Crippen LogP contribution in [0.15, 0.2) is 66.9 Å². The Morgan fingerprint density at radius 1 is 1.09 bits per heavy atom. The predicted octanol–water partition coefficient (Wildman–Crippen LogP) is 5.49. The summed E-state index contributed by atoms with van der Waals surface area (Å²) in [5.41, 5.74) is 8.63. The Bertz CT molecular complexity index is 1010. The van der Waals surface area contributed by atoms with E-state index in [9.17, 15) is 4.79 Å². The smallest absolute Gasteiger partial charge is 0.410 e. The van der Waals surface area contributed by atoms with Crippen molar-refractivity contribution < 1.29 is 9.53 Å². The van der Waals surface area contributed by atoms with Gasteiger partial charge in [-0.3, -0.25) is 4.90 Å². The van der Waals surface area contributed by atoms with Gasteiger partial charge in [-0.05, 0) is 30.9 Å². The van der Waals surface area contributed by atoms with Crippen LogP contribution in [-0.4, -0.2) is 40.2 Å². The van der Waals surface area contributed by atoms with Crippen LogP contribution in [-0.2, 0) is 11.3 Å². The number of benzene rings is 2. The van der Waals surface area contributed by atoms with E-state index in [1.54, 1.807) is 4.90 Å². The van der Waals surface area contributed by atoms with E-state index in [-0.39, 0.29) is 17.6 Å². The quantitative estimate of drug-likeness (QED) is 0.469. The van der Waals surface area contributed by atoms with Gasteiger partial charge in [-0.25, -0.2) is 9.78 Å². The third-order valence-corrected chi connectivity index (χ3v) is 5.55. The van der Waals surface area contributed by atoms with E-state index in [1.807, 2.05) is 43.3 Å².